The van der Waals surface area contributed by atoms with Gasteiger partial charge in [-0.1, -0.05) is 31.0 Å². The van der Waals surface area contributed by atoms with Gasteiger partial charge in [0.2, 0.25) is 5.91 Å². The van der Waals surface area contributed by atoms with Crippen LogP contribution in [-0.4, -0.2) is 24.2 Å². The Morgan fingerprint density at radius 3 is 2.63 bits per heavy atom. The topological polar surface area (TPSA) is 75.4 Å². The van der Waals surface area contributed by atoms with Crippen LogP contribution in [0.2, 0.25) is 0 Å². The van der Waals surface area contributed by atoms with Crippen LogP contribution in [0.25, 0.3) is 0 Å². The van der Waals surface area contributed by atoms with Gasteiger partial charge in [-0.05, 0) is 24.5 Å². The summed E-state index contributed by atoms with van der Waals surface area (Å²) < 4.78 is 0. The zero-order valence-corrected chi connectivity index (χ0v) is 11.2. The van der Waals surface area contributed by atoms with Crippen LogP contribution in [-0.2, 0) is 6.54 Å². The molecule has 0 unspecified atom stereocenters. The molecule has 4 nitrogen and oxygen atoms in total. The molecule has 1 amide bonds. The second-order valence-electron chi connectivity index (χ2n) is 5.49. The third-order valence-corrected chi connectivity index (χ3v) is 4.10. The maximum atomic E-state index is 11.3. The molecule has 0 radical (unpaired) electrons. The molecule has 1 aromatic carbocycles. The fraction of sp³-hybridized carbons (Fsp3) is 0.533. The molecule has 0 spiro atoms. The van der Waals surface area contributed by atoms with Crippen LogP contribution in [0, 0.1) is 5.41 Å². The van der Waals surface area contributed by atoms with Crippen LogP contribution >= 0.6 is 0 Å². The molecule has 1 aliphatic rings. The molecule has 2 rings (SSSR count). The predicted molar refractivity (Wildman–Crippen MR) is 74.7 cm³/mol. The van der Waals surface area contributed by atoms with E-state index in [0.717, 1.165) is 24.9 Å². The fourth-order valence-corrected chi connectivity index (χ4v) is 2.89. The number of hydrogen-bond donors (Lipinski definition) is 3. The minimum Gasteiger partial charge on any atom is -0.396 e. The highest BCUT2D eigenvalue weighted by atomic mass is 16.3. The Bertz CT molecular complexity index is 440. The Kier molecular flexibility index (Phi) is 4.56. The smallest absolute Gasteiger partial charge is 0.249 e. The largest absolute Gasteiger partial charge is 0.396 e. The maximum Gasteiger partial charge on any atom is 0.249 e. The summed E-state index contributed by atoms with van der Waals surface area (Å²) in [7, 11) is 0. The van der Waals surface area contributed by atoms with E-state index in [9.17, 15) is 9.90 Å². The highest BCUT2D eigenvalue weighted by Crippen LogP contribution is 2.36. The second kappa shape index (κ2) is 6.17. The van der Waals surface area contributed by atoms with Crippen molar-refractivity contribution in [2.45, 2.75) is 32.2 Å². The van der Waals surface area contributed by atoms with Crippen LogP contribution in [0.5, 0.6) is 0 Å². The second-order valence-corrected chi connectivity index (χ2v) is 5.49. The first-order valence-electron chi connectivity index (χ1n) is 6.86. The summed E-state index contributed by atoms with van der Waals surface area (Å²) in [6.07, 6.45) is 4.54. The summed E-state index contributed by atoms with van der Waals surface area (Å²) in [4.78, 5) is 11.3. The third kappa shape index (κ3) is 3.33. The van der Waals surface area contributed by atoms with Gasteiger partial charge in [0.05, 0.1) is 0 Å². The number of nitrogens with two attached hydrogens (primary N) is 1. The lowest BCUT2D eigenvalue weighted by Crippen LogP contribution is -2.35. The number of carbonyl (C=O) groups excluding carboxylic acids is 1. The molecule has 0 bridgehead atoms. The van der Waals surface area contributed by atoms with Crippen LogP contribution in [0.3, 0.4) is 0 Å². The Morgan fingerprint density at radius 2 is 2.00 bits per heavy atom. The summed E-state index contributed by atoms with van der Waals surface area (Å²) in [6, 6.07) is 7.38. The quantitative estimate of drug-likeness (QED) is 0.726. The molecule has 0 atom stereocenters. The number of amides is 1. The summed E-state index contributed by atoms with van der Waals surface area (Å²) in [5.41, 5.74) is 6.87. The zero-order valence-electron chi connectivity index (χ0n) is 11.2. The van der Waals surface area contributed by atoms with E-state index in [2.05, 4.69) is 5.32 Å². The molecule has 4 heteroatoms. The van der Waals surface area contributed by atoms with E-state index in [1.807, 2.05) is 18.2 Å². The van der Waals surface area contributed by atoms with E-state index in [1.165, 1.54) is 12.8 Å². The van der Waals surface area contributed by atoms with E-state index >= 15 is 0 Å². The number of hydrogen-bond acceptors (Lipinski definition) is 3. The molecule has 0 saturated heterocycles. The Balaban J connectivity index is 1.94. The van der Waals surface area contributed by atoms with Gasteiger partial charge in [0.15, 0.2) is 0 Å². The number of primary amides is 1. The molecule has 104 valence electrons. The highest BCUT2D eigenvalue weighted by Gasteiger charge is 2.32. The molecule has 19 heavy (non-hydrogen) atoms. The van der Waals surface area contributed by atoms with Crippen molar-refractivity contribution in [1.29, 1.82) is 0 Å². The number of carbonyl (C=O) groups is 1. The third-order valence-electron chi connectivity index (χ3n) is 4.10. The van der Waals surface area contributed by atoms with E-state index < -0.39 is 5.91 Å². The van der Waals surface area contributed by atoms with Gasteiger partial charge in [-0.25, -0.2) is 0 Å². The lowest BCUT2D eigenvalue weighted by atomic mass is 9.87. The van der Waals surface area contributed by atoms with Crippen LogP contribution in [0.4, 0.5) is 0 Å². The molecule has 0 aromatic heterocycles. The number of benzene rings is 1. The summed E-state index contributed by atoms with van der Waals surface area (Å²) in [6.45, 7) is 1.63. The van der Waals surface area contributed by atoms with Gasteiger partial charge < -0.3 is 16.2 Å². The fourth-order valence-electron chi connectivity index (χ4n) is 2.89. The van der Waals surface area contributed by atoms with Crippen molar-refractivity contribution in [1.82, 2.24) is 5.32 Å². The van der Waals surface area contributed by atoms with E-state index in [1.54, 1.807) is 6.07 Å². The van der Waals surface area contributed by atoms with Crippen LogP contribution in [0.15, 0.2) is 24.3 Å². The van der Waals surface area contributed by atoms with E-state index in [4.69, 9.17) is 5.73 Å². The standard InChI is InChI=1S/C15H22N2O2/c16-14(19)13-6-2-1-5-12(13)9-17-10-15(11-18)7-3-4-8-15/h1-2,5-6,17-18H,3-4,7-11H2,(H2,16,19). The molecular weight excluding hydrogens is 240 g/mol. The minimum absolute atomic E-state index is 0.0294. The number of rotatable bonds is 6. The predicted octanol–water partition coefficient (Wildman–Crippen LogP) is 1.43. The van der Waals surface area contributed by atoms with Crippen molar-refractivity contribution in [3.8, 4) is 0 Å². The Hall–Kier alpha value is -1.39. The summed E-state index contributed by atoms with van der Waals surface area (Å²) in [5.74, 6) is -0.393. The van der Waals surface area contributed by atoms with Crippen molar-refractivity contribution in [3.05, 3.63) is 35.4 Å². The molecular formula is C15H22N2O2. The van der Waals surface area contributed by atoms with Gasteiger partial charge in [0, 0.05) is 30.7 Å². The molecule has 4 N–H and O–H groups in total. The molecule has 1 fully saturated rings. The van der Waals surface area contributed by atoms with Crippen LogP contribution in [0.1, 0.15) is 41.6 Å². The first-order valence-corrected chi connectivity index (χ1v) is 6.86. The zero-order chi connectivity index (χ0) is 13.7. The van der Waals surface area contributed by atoms with Crippen molar-refractivity contribution in [3.63, 3.8) is 0 Å². The van der Waals surface area contributed by atoms with E-state index in [0.29, 0.717) is 12.1 Å². The Morgan fingerprint density at radius 1 is 1.32 bits per heavy atom. The Labute approximate surface area is 114 Å². The molecule has 1 aliphatic carbocycles. The van der Waals surface area contributed by atoms with Gasteiger partial charge in [0.25, 0.3) is 0 Å². The van der Waals surface area contributed by atoms with Crippen molar-refractivity contribution in [2.24, 2.45) is 11.1 Å². The van der Waals surface area contributed by atoms with Crippen molar-refractivity contribution in [2.75, 3.05) is 13.2 Å². The van der Waals surface area contributed by atoms with E-state index in [-0.39, 0.29) is 12.0 Å². The maximum absolute atomic E-state index is 11.3. The molecule has 0 heterocycles. The highest BCUT2D eigenvalue weighted by molar-refractivity contribution is 5.94. The first-order chi connectivity index (χ1) is 9.17. The molecule has 0 aliphatic heterocycles. The summed E-state index contributed by atoms with van der Waals surface area (Å²) in [5, 5.41) is 12.9. The van der Waals surface area contributed by atoms with Gasteiger partial charge in [-0.2, -0.15) is 0 Å². The minimum atomic E-state index is -0.393. The average molecular weight is 262 g/mol. The van der Waals surface area contributed by atoms with Crippen LogP contribution < -0.4 is 11.1 Å². The number of nitrogens with one attached hydrogen (secondary N) is 1. The van der Waals surface area contributed by atoms with Gasteiger partial charge >= 0.3 is 0 Å². The van der Waals surface area contributed by atoms with Gasteiger partial charge in [-0.3, -0.25) is 4.79 Å². The molecule has 1 saturated carbocycles. The first kappa shape index (κ1) is 14.0. The number of aliphatic hydroxyl groups is 1. The summed E-state index contributed by atoms with van der Waals surface area (Å²) >= 11 is 0. The average Bonchev–Trinajstić information content (AvgIpc) is 2.88. The lowest BCUT2D eigenvalue weighted by Gasteiger charge is -2.26. The number of aliphatic hydroxyl groups excluding tert-OH is 1. The van der Waals surface area contributed by atoms with Crippen molar-refractivity contribution >= 4 is 5.91 Å². The monoisotopic (exact) mass is 262 g/mol. The normalized spacial score (nSPS) is 17.5. The lowest BCUT2D eigenvalue weighted by molar-refractivity contribution is 0.0998. The van der Waals surface area contributed by atoms with Crippen molar-refractivity contribution < 1.29 is 9.90 Å². The van der Waals surface area contributed by atoms with Gasteiger partial charge in [-0.15, -0.1) is 0 Å². The SMILES string of the molecule is NC(=O)c1ccccc1CNCC1(CO)CCCC1. The van der Waals surface area contributed by atoms with Gasteiger partial charge in [0.1, 0.15) is 0 Å². The molecule has 1 aromatic rings.